The number of aromatic hydroxyl groups is 1. The Morgan fingerprint density at radius 3 is 2.75 bits per heavy atom. The lowest BCUT2D eigenvalue weighted by molar-refractivity contribution is 0.0606. The van der Waals surface area contributed by atoms with Gasteiger partial charge in [-0.15, -0.1) is 0 Å². The minimum Gasteiger partial charge on any atom is -0.507 e. The molecule has 132 valence electrons. The van der Waals surface area contributed by atoms with Crippen LogP contribution in [0.3, 0.4) is 0 Å². The molecule has 1 aromatic rings. The predicted molar refractivity (Wildman–Crippen MR) is 90.6 cm³/mol. The molecule has 1 unspecified atom stereocenters. The van der Waals surface area contributed by atoms with Gasteiger partial charge in [-0.2, -0.15) is 0 Å². The molecule has 5 nitrogen and oxygen atoms in total. The Hall–Kier alpha value is -1.66. The van der Waals surface area contributed by atoms with E-state index in [1.807, 2.05) is 0 Å². The van der Waals surface area contributed by atoms with Crippen molar-refractivity contribution in [1.29, 1.82) is 0 Å². The molecule has 0 aliphatic carbocycles. The first-order chi connectivity index (χ1) is 11.5. The number of phenolic OH excluding ortho intramolecular Hbond substituents is 1. The molecule has 0 spiro atoms. The van der Waals surface area contributed by atoms with Gasteiger partial charge in [-0.3, -0.25) is 4.79 Å². The molecule has 0 bridgehead atoms. The van der Waals surface area contributed by atoms with Gasteiger partial charge in [0.05, 0.1) is 5.56 Å². The third kappa shape index (κ3) is 4.05. The van der Waals surface area contributed by atoms with E-state index in [0.29, 0.717) is 19.0 Å². The van der Waals surface area contributed by atoms with Gasteiger partial charge in [0.1, 0.15) is 11.6 Å². The highest BCUT2D eigenvalue weighted by atomic mass is 19.1. The van der Waals surface area contributed by atoms with Crippen molar-refractivity contribution >= 4 is 5.91 Å². The maximum atomic E-state index is 13.4. The van der Waals surface area contributed by atoms with Crippen LogP contribution in [0.1, 0.15) is 23.2 Å². The lowest BCUT2D eigenvalue weighted by Crippen LogP contribution is -2.49. The average molecular weight is 335 g/mol. The second-order valence-electron chi connectivity index (χ2n) is 7.02. The minimum absolute atomic E-state index is 0.0650. The highest BCUT2D eigenvalue weighted by Gasteiger charge is 2.28. The average Bonchev–Trinajstić information content (AvgIpc) is 2.59. The standard InChI is InChI=1S/C18H26FN3O2/c1-20-7-9-21(10-8-20)12-14-3-2-6-22(13-14)18(24)16-11-15(19)4-5-17(16)23/h4-5,11,14,23H,2-3,6-10,12-13H2,1H3. The second-order valence-corrected chi connectivity index (χ2v) is 7.02. The summed E-state index contributed by atoms with van der Waals surface area (Å²) in [6.07, 6.45) is 2.07. The number of carbonyl (C=O) groups is 1. The van der Waals surface area contributed by atoms with Crippen LogP contribution in [0.4, 0.5) is 4.39 Å². The summed E-state index contributed by atoms with van der Waals surface area (Å²) in [6.45, 7) is 6.69. The number of amides is 1. The van der Waals surface area contributed by atoms with Crippen molar-refractivity contribution in [3.63, 3.8) is 0 Å². The first kappa shape index (κ1) is 17.2. The van der Waals surface area contributed by atoms with Gasteiger partial charge in [0, 0.05) is 45.8 Å². The maximum Gasteiger partial charge on any atom is 0.257 e. The number of likely N-dealkylation sites (tertiary alicyclic amines) is 1. The number of carbonyl (C=O) groups excluding carboxylic acids is 1. The Kier molecular flexibility index (Phi) is 5.36. The summed E-state index contributed by atoms with van der Waals surface area (Å²) in [5.41, 5.74) is 0.0650. The molecule has 2 aliphatic heterocycles. The fourth-order valence-electron chi connectivity index (χ4n) is 3.64. The molecule has 1 atom stereocenters. The number of halogens is 1. The Bertz CT molecular complexity index is 588. The first-order valence-electron chi connectivity index (χ1n) is 8.71. The molecule has 6 heteroatoms. The number of benzene rings is 1. The van der Waals surface area contributed by atoms with Gasteiger partial charge in [-0.1, -0.05) is 0 Å². The summed E-state index contributed by atoms with van der Waals surface area (Å²) in [7, 11) is 2.14. The van der Waals surface area contributed by atoms with Crippen LogP contribution in [-0.4, -0.2) is 78.6 Å². The molecular formula is C18H26FN3O2. The molecule has 24 heavy (non-hydrogen) atoms. The summed E-state index contributed by atoms with van der Waals surface area (Å²) in [6, 6.07) is 3.54. The number of hydrogen-bond acceptors (Lipinski definition) is 4. The molecule has 1 amide bonds. The highest BCUT2D eigenvalue weighted by Crippen LogP contribution is 2.24. The van der Waals surface area contributed by atoms with Crippen LogP contribution < -0.4 is 0 Å². The lowest BCUT2D eigenvalue weighted by atomic mass is 9.96. The highest BCUT2D eigenvalue weighted by molar-refractivity contribution is 5.96. The Balaban J connectivity index is 1.60. The molecule has 0 saturated carbocycles. The van der Waals surface area contributed by atoms with Gasteiger partial charge < -0.3 is 19.8 Å². The number of rotatable bonds is 3. The van der Waals surface area contributed by atoms with Crippen LogP contribution in [0.15, 0.2) is 18.2 Å². The molecule has 2 fully saturated rings. The zero-order chi connectivity index (χ0) is 17.1. The lowest BCUT2D eigenvalue weighted by Gasteiger charge is -2.38. The smallest absolute Gasteiger partial charge is 0.257 e. The molecule has 0 radical (unpaired) electrons. The summed E-state index contributed by atoms with van der Waals surface area (Å²) < 4.78 is 13.4. The van der Waals surface area contributed by atoms with E-state index in [-0.39, 0.29) is 17.2 Å². The van der Waals surface area contributed by atoms with Crippen molar-refractivity contribution in [2.45, 2.75) is 12.8 Å². The van der Waals surface area contributed by atoms with Gasteiger partial charge in [0.2, 0.25) is 0 Å². The number of likely N-dealkylation sites (N-methyl/N-ethyl adjacent to an activating group) is 1. The maximum absolute atomic E-state index is 13.4. The number of phenols is 1. The molecule has 2 heterocycles. The monoisotopic (exact) mass is 335 g/mol. The van der Waals surface area contributed by atoms with Crippen molar-refractivity contribution < 1.29 is 14.3 Å². The van der Waals surface area contributed by atoms with E-state index in [4.69, 9.17) is 0 Å². The topological polar surface area (TPSA) is 47.0 Å². The van der Waals surface area contributed by atoms with E-state index < -0.39 is 5.82 Å². The summed E-state index contributed by atoms with van der Waals surface area (Å²) in [5, 5.41) is 9.86. The van der Waals surface area contributed by atoms with E-state index in [9.17, 15) is 14.3 Å². The third-order valence-electron chi connectivity index (χ3n) is 5.11. The molecular weight excluding hydrogens is 309 g/mol. The quantitative estimate of drug-likeness (QED) is 0.912. The molecule has 1 N–H and O–H groups in total. The number of nitrogens with zero attached hydrogens (tertiary/aromatic N) is 3. The molecule has 2 aliphatic rings. The minimum atomic E-state index is -0.498. The first-order valence-corrected chi connectivity index (χ1v) is 8.71. The normalized spacial score (nSPS) is 23.4. The van der Waals surface area contributed by atoms with Crippen LogP contribution in [-0.2, 0) is 0 Å². The zero-order valence-electron chi connectivity index (χ0n) is 14.2. The largest absolute Gasteiger partial charge is 0.507 e. The third-order valence-corrected chi connectivity index (χ3v) is 5.11. The van der Waals surface area contributed by atoms with Crippen molar-refractivity contribution in [3.8, 4) is 5.75 Å². The fourth-order valence-corrected chi connectivity index (χ4v) is 3.64. The number of piperazine rings is 1. The molecule has 0 aromatic heterocycles. The van der Waals surface area contributed by atoms with Crippen molar-refractivity contribution in [3.05, 3.63) is 29.6 Å². The SMILES string of the molecule is CN1CCN(CC2CCCN(C(=O)c3cc(F)ccc3O)C2)CC1. The molecule has 2 saturated heterocycles. The van der Waals surface area contributed by atoms with E-state index in [1.54, 1.807) is 4.90 Å². The van der Waals surface area contributed by atoms with Crippen LogP contribution in [0.5, 0.6) is 5.75 Å². The van der Waals surface area contributed by atoms with Crippen LogP contribution in [0.25, 0.3) is 0 Å². The Morgan fingerprint density at radius 1 is 1.25 bits per heavy atom. The van der Waals surface area contributed by atoms with E-state index in [1.165, 1.54) is 12.1 Å². The van der Waals surface area contributed by atoms with Crippen molar-refractivity contribution in [1.82, 2.24) is 14.7 Å². The number of piperidine rings is 1. The van der Waals surface area contributed by atoms with Crippen LogP contribution in [0.2, 0.25) is 0 Å². The van der Waals surface area contributed by atoms with E-state index in [0.717, 1.165) is 51.6 Å². The van der Waals surface area contributed by atoms with Gasteiger partial charge in [-0.25, -0.2) is 4.39 Å². The summed E-state index contributed by atoms with van der Waals surface area (Å²) >= 11 is 0. The summed E-state index contributed by atoms with van der Waals surface area (Å²) in [4.78, 5) is 19.2. The van der Waals surface area contributed by atoms with Gasteiger partial charge in [0.25, 0.3) is 5.91 Å². The van der Waals surface area contributed by atoms with Crippen molar-refractivity contribution in [2.24, 2.45) is 5.92 Å². The van der Waals surface area contributed by atoms with E-state index in [2.05, 4.69) is 16.8 Å². The zero-order valence-corrected chi connectivity index (χ0v) is 14.2. The van der Waals surface area contributed by atoms with Gasteiger partial charge in [0.15, 0.2) is 0 Å². The molecule has 3 rings (SSSR count). The van der Waals surface area contributed by atoms with Crippen LogP contribution >= 0.6 is 0 Å². The fraction of sp³-hybridized carbons (Fsp3) is 0.611. The Morgan fingerprint density at radius 2 is 2.00 bits per heavy atom. The Labute approximate surface area is 142 Å². The van der Waals surface area contributed by atoms with Crippen molar-refractivity contribution in [2.75, 3.05) is 52.9 Å². The van der Waals surface area contributed by atoms with Crippen LogP contribution in [0, 0.1) is 11.7 Å². The second kappa shape index (κ2) is 7.49. The van der Waals surface area contributed by atoms with Gasteiger partial charge >= 0.3 is 0 Å². The summed E-state index contributed by atoms with van der Waals surface area (Å²) in [5.74, 6) is -0.471. The molecule has 1 aromatic carbocycles. The number of hydrogen-bond donors (Lipinski definition) is 1. The predicted octanol–water partition coefficient (Wildman–Crippen LogP) is 1.63. The van der Waals surface area contributed by atoms with E-state index >= 15 is 0 Å². The van der Waals surface area contributed by atoms with Gasteiger partial charge in [-0.05, 0) is 44.0 Å².